The van der Waals surface area contributed by atoms with E-state index in [9.17, 15) is 0 Å². The van der Waals surface area contributed by atoms with Crippen LogP contribution in [-0.2, 0) is 11.3 Å². The van der Waals surface area contributed by atoms with E-state index >= 15 is 0 Å². The van der Waals surface area contributed by atoms with Crippen LogP contribution in [0.4, 0.5) is 5.82 Å². The largest absolute Gasteiger partial charge is 0.378 e. The molecular weight excluding hydrogens is 328 g/mol. The lowest BCUT2D eigenvalue weighted by atomic mass is 10.1. The minimum Gasteiger partial charge on any atom is -0.378 e. The Kier molecular flexibility index (Phi) is 7.51. The Bertz CT molecular complexity index is 567. The second-order valence-electron chi connectivity index (χ2n) is 6.84. The van der Waals surface area contributed by atoms with Gasteiger partial charge in [0.15, 0.2) is 5.96 Å². The second kappa shape index (κ2) is 10.3. The van der Waals surface area contributed by atoms with Crippen LogP contribution in [0.2, 0.25) is 0 Å². The number of ether oxygens (including phenoxy) is 1. The summed E-state index contributed by atoms with van der Waals surface area (Å²) < 4.78 is 5.45. The molecule has 0 amide bonds. The number of piperidine rings is 1. The summed E-state index contributed by atoms with van der Waals surface area (Å²) in [6.07, 6.45) is 5.90. The lowest BCUT2D eigenvalue weighted by Crippen LogP contribution is -2.42. The standard InChI is InChI=1S/C19H32N6O/c1-20-19(22-8-11-24-9-3-2-4-10-24)23-16-17-6-5-7-21-18(17)25-12-14-26-15-13-25/h5-7H,2-4,8-16H2,1H3,(H2,20,22,23). The smallest absolute Gasteiger partial charge is 0.191 e. The molecule has 7 heteroatoms. The zero-order chi connectivity index (χ0) is 18.0. The summed E-state index contributed by atoms with van der Waals surface area (Å²) in [7, 11) is 1.82. The molecule has 2 aliphatic heterocycles. The molecule has 0 aromatic carbocycles. The van der Waals surface area contributed by atoms with Crippen molar-refractivity contribution in [2.45, 2.75) is 25.8 Å². The molecule has 1 aromatic rings. The van der Waals surface area contributed by atoms with Gasteiger partial charge in [0.05, 0.1) is 13.2 Å². The maximum atomic E-state index is 5.45. The average Bonchev–Trinajstić information content (AvgIpc) is 2.72. The van der Waals surface area contributed by atoms with Gasteiger partial charge in [0.1, 0.15) is 5.82 Å². The van der Waals surface area contributed by atoms with Gasteiger partial charge in [-0.3, -0.25) is 4.99 Å². The van der Waals surface area contributed by atoms with E-state index in [0.717, 1.165) is 51.2 Å². The Balaban J connectivity index is 1.47. The van der Waals surface area contributed by atoms with Crippen molar-refractivity contribution >= 4 is 11.8 Å². The Labute approximate surface area is 156 Å². The number of pyridine rings is 1. The predicted molar refractivity (Wildman–Crippen MR) is 106 cm³/mol. The number of rotatable bonds is 6. The van der Waals surface area contributed by atoms with Crippen LogP contribution in [0.5, 0.6) is 0 Å². The van der Waals surface area contributed by atoms with E-state index in [-0.39, 0.29) is 0 Å². The highest BCUT2D eigenvalue weighted by atomic mass is 16.5. The fraction of sp³-hybridized carbons (Fsp3) is 0.684. The minimum absolute atomic E-state index is 0.712. The number of morpholine rings is 1. The second-order valence-corrected chi connectivity index (χ2v) is 6.84. The molecule has 0 aliphatic carbocycles. The van der Waals surface area contributed by atoms with Gasteiger partial charge in [0, 0.05) is 51.5 Å². The van der Waals surface area contributed by atoms with E-state index < -0.39 is 0 Å². The van der Waals surface area contributed by atoms with E-state index in [0.29, 0.717) is 6.54 Å². The van der Waals surface area contributed by atoms with Gasteiger partial charge in [-0.1, -0.05) is 12.5 Å². The number of hydrogen-bond donors (Lipinski definition) is 2. The SMILES string of the molecule is CN=C(NCCN1CCCCC1)NCc1cccnc1N1CCOCC1. The topological polar surface area (TPSA) is 65.0 Å². The molecule has 0 spiro atoms. The maximum absolute atomic E-state index is 5.45. The van der Waals surface area contributed by atoms with Crippen molar-refractivity contribution < 1.29 is 4.74 Å². The highest BCUT2D eigenvalue weighted by molar-refractivity contribution is 5.79. The Morgan fingerprint density at radius 2 is 1.96 bits per heavy atom. The Morgan fingerprint density at radius 1 is 1.15 bits per heavy atom. The van der Waals surface area contributed by atoms with Gasteiger partial charge in [-0.05, 0) is 32.0 Å². The molecule has 26 heavy (non-hydrogen) atoms. The molecule has 3 rings (SSSR count). The molecule has 3 heterocycles. The third-order valence-electron chi connectivity index (χ3n) is 5.02. The number of aliphatic imine (C=N–C) groups is 1. The molecule has 0 bridgehead atoms. The van der Waals surface area contributed by atoms with Crippen LogP contribution in [0.25, 0.3) is 0 Å². The molecule has 0 saturated carbocycles. The molecule has 0 unspecified atom stereocenters. The van der Waals surface area contributed by atoms with Gasteiger partial charge in [-0.2, -0.15) is 0 Å². The van der Waals surface area contributed by atoms with Crippen molar-refractivity contribution in [3.8, 4) is 0 Å². The molecular formula is C19H32N6O. The van der Waals surface area contributed by atoms with Crippen LogP contribution in [0.1, 0.15) is 24.8 Å². The summed E-state index contributed by atoms with van der Waals surface area (Å²) in [5.74, 6) is 1.89. The van der Waals surface area contributed by atoms with Gasteiger partial charge < -0.3 is 25.2 Å². The molecule has 7 nitrogen and oxygen atoms in total. The third-order valence-corrected chi connectivity index (χ3v) is 5.02. The summed E-state index contributed by atoms with van der Waals surface area (Å²) in [5.41, 5.74) is 1.19. The fourth-order valence-electron chi connectivity index (χ4n) is 3.54. The number of anilines is 1. The van der Waals surface area contributed by atoms with Gasteiger partial charge in [-0.25, -0.2) is 4.98 Å². The lowest BCUT2D eigenvalue weighted by molar-refractivity contribution is 0.122. The van der Waals surface area contributed by atoms with E-state index in [1.165, 1.54) is 37.9 Å². The van der Waals surface area contributed by atoms with Crippen molar-refractivity contribution in [3.63, 3.8) is 0 Å². The van der Waals surface area contributed by atoms with Gasteiger partial charge in [0.2, 0.25) is 0 Å². The molecule has 2 N–H and O–H groups in total. The quantitative estimate of drug-likeness (QED) is 0.584. The first kappa shape index (κ1) is 18.9. The van der Waals surface area contributed by atoms with Crippen LogP contribution in [0, 0.1) is 0 Å². The zero-order valence-corrected chi connectivity index (χ0v) is 15.9. The van der Waals surface area contributed by atoms with Crippen LogP contribution in [0.3, 0.4) is 0 Å². The zero-order valence-electron chi connectivity index (χ0n) is 15.9. The minimum atomic E-state index is 0.712. The first-order valence-corrected chi connectivity index (χ1v) is 9.80. The van der Waals surface area contributed by atoms with Crippen LogP contribution in [0.15, 0.2) is 23.3 Å². The average molecular weight is 361 g/mol. The molecule has 1 aromatic heterocycles. The number of nitrogens with one attached hydrogen (secondary N) is 2. The monoisotopic (exact) mass is 360 g/mol. The van der Waals surface area contributed by atoms with Crippen molar-refractivity contribution in [1.82, 2.24) is 20.5 Å². The highest BCUT2D eigenvalue weighted by Crippen LogP contribution is 2.18. The maximum Gasteiger partial charge on any atom is 0.191 e. The normalized spacial score (nSPS) is 19.4. The third kappa shape index (κ3) is 5.57. The van der Waals surface area contributed by atoms with Crippen molar-refractivity contribution in [1.29, 1.82) is 0 Å². The molecule has 2 fully saturated rings. The van der Waals surface area contributed by atoms with Gasteiger partial charge >= 0.3 is 0 Å². The first-order valence-electron chi connectivity index (χ1n) is 9.80. The van der Waals surface area contributed by atoms with E-state index in [1.54, 1.807) is 0 Å². The van der Waals surface area contributed by atoms with E-state index in [4.69, 9.17) is 4.74 Å². The fourth-order valence-corrected chi connectivity index (χ4v) is 3.54. The number of likely N-dealkylation sites (tertiary alicyclic amines) is 1. The van der Waals surface area contributed by atoms with E-state index in [1.807, 2.05) is 19.3 Å². The predicted octanol–water partition coefficient (Wildman–Crippen LogP) is 1.07. The molecule has 0 atom stereocenters. The van der Waals surface area contributed by atoms with Gasteiger partial charge in [0.25, 0.3) is 0 Å². The summed E-state index contributed by atoms with van der Waals surface area (Å²) in [5, 5.41) is 6.85. The number of aromatic nitrogens is 1. The number of nitrogens with zero attached hydrogens (tertiary/aromatic N) is 4. The van der Waals surface area contributed by atoms with Crippen molar-refractivity contribution in [2.24, 2.45) is 4.99 Å². The van der Waals surface area contributed by atoms with Gasteiger partial charge in [-0.15, -0.1) is 0 Å². The van der Waals surface area contributed by atoms with E-state index in [2.05, 4.69) is 36.5 Å². The van der Waals surface area contributed by atoms with Crippen molar-refractivity contribution in [2.75, 3.05) is 64.4 Å². The van der Waals surface area contributed by atoms with Crippen molar-refractivity contribution in [3.05, 3.63) is 23.9 Å². The molecule has 2 aliphatic rings. The summed E-state index contributed by atoms with van der Waals surface area (Å²) in [4.78, 5) is 13.8. The Morgan fingerprint density at radius 3 is 2.73 bits per heavy atom. The number of hydrogen-bond acceptors (Lipinski definition) is 5. The lowest BCUT2D eigenvalue weighted by Gasteiger charge is -2.29. The Hall–Kier alpha value is -1.86. The summed E-state index contributed by atoms with van der Waals surface area (Å²) in [6.45, 7) is 8.49. The van der Waals surface area contributed by atoms with Crippen LogP contribution < -0.4 is 15.5 Å². The highest BCUT2D eigenvalue weighted by Gasteiger charge is 2.16. The van der Waals surface area contributed by atoms with Crippen LogP contribution >= 0.6 is 0 Å². The molecule has 0 radical (unpaired) electrons. The molecule has 2 saturated heterocycles. The number of guanidine groups is 1. The summed E-state index contributed by atoms with van der Waals surface area (Å²) in [6, 6.07) is 4.12. The molecule has 144 valence electrons. The first-order chi connectivity index (χ1) is 12.9. The van der Waals surface area contributed by atoms with Crippen LogP contribution in [-0.4, -0.2) is 75.4 Å². The summed E-state index contributed by atoms with van der Waals surface area (Å²) >= 11 is 0.